The van der Waals surface area contributed by atoms with Crippen LogP contribution in [0.25, 0.3) is 0 Å². The molecule has 0 aliphatic rings. The van der Waals surface area contributed by atoms with Crippen LogP contribution in [0.5, 0.6) is 0 Å². The zero-order valence-corrected chi connectivity index (χ0v) is 28.8. The Morgan fingerprint density at radius 3 is 1.00 bits per heavy atom. The molecule has 0 aromatic heterocycles. The Hall–Kier alpha value is 0.807. The van der Waals surface area contributed by atoms with Crippen LogP contribution in [0, 0.1) is 0 Å². The molecule has 0 amide bonds. The Morgan fingerprint density at radius 1 is 0.562 bits per heavy atom. The summed E-state index contributed by atoms with van der Waals surface area (Å²) in [4.78, 5) is 12.9. The number of carbonyl (C=O) groups excluding carboxylic acids is 1. The Morgan fingerprint density at radius 2 is 0.812 bits per heavy atom. The number of esters is 1. The van der Waals surface area contributed by atoms with Gasteiger partial charge in [-0.25, -0.2) is 0 Å². The molecule has 0 atom stereocenters. The molecular weight excluding hydrogens is 606 g/mol. The van der Waals surface area contributed by atoms with Gasteiger partial charge in [0.15, 0.2) is 0 Å². The van der Waals surface area contributed by atoms with Crippen molar-refractivity contribution < 1.29 is 9.53 Å². The molecular formula is C28H58O2Sn2. The standard InChI is InChI=1S/C4H4O2.6C4H9.2Sn/c1-3-4(5)6-2;6*1-3-4-2;;/h3H,2H3;6*1,3-4H2,2H3;;. The summed E-state index contributed by atoms with van der Waals surface area (Å²) in [5.74, 6) is -0.0314. The van der Waals surface area contributed by atoms with Crippen LogP contribution in [0.4, 0.5) is 0 Å². The normalized spacial score (nSPS) is 12.1. The number of carbonyl (C=O) groups is 1. The average Bonchev–Trinajstić information content (AvgIpc) is 2.82. The number of hydrogen-bond acceptors (Lipinski definition) is 2. The first-order chi connectivity index (χ1) is 15.5. The second-order valence-corrected chi connectivity index (χ2v) is 40.6. The van der Waals surface area contributed by atoms with E-state index in [0.717, 1.165) is 0 Å². The van der Waals surface area contributed by atoms with Crippen molar-refractivity contribution in [2.45, 2.75) is 145 Å². The summed E-state index contributed by atoms with van der Waals surface area (Å²) in [6, 6.07) is 0. The summed E-state index contributed by atoms with van der Waals surface area (Å²) in [7, 11) is 1.60. The van der Waals surface area contributed by atoms with Gasteiger partial charge in [0, 0.05) is 0 Å². The number of hydrogen-bond donors (Lipinski definition) is 0. The average molecular weight is 664 g/mol. The zero-order chi connectivity index (χ0) is 24.3. The third-order valence-electron chi connectivity index (χ3n) is 7.66. The van der Waals surface area contributed by atoms with Gasteiger partial charge in [0.25, 0.3) is 0 Å². The van der Waals surface area contributed by atoms with Gasteiger partial charge in [-0.2, -0.15) is 0 Å². The molecule has 0 unspecified atom stereocenters. The van der Waals surface area contributed by atoms with Gasteiger partial charge in [-0.1, -0.05) is 0 Å². The third-order valence-corrected chi connectivity index (χ3v) is 57.8. The van der Waals surface area contributed by atoms with Crippen LogP contribution in [0.1, 0.15) is 119 Å². The van der Waals surface area contributed by atoms with Gasteiger partial charge in [0.2, 0.25) is 0 Å². The van der Waals surface area contributed by atoms with Crippen molar-refractivity contribution >= 4 is 42.7 Å². The van der Waals surface area contributed by atoms with E-state index < -0.39 is 36.8 Å². The quantitative estimate of drug-likeness (QED) is 0.0694. The molecule has 0 aliphatic carbocycles. The monoisotopic (exact) mass is 666 g/mol. The van der Waals surface area contributed by atoms with Gasteiger partial charge in [0.05, 0.1) is 0 Å². The molecule has 0 saturated carbocycles. The first-order valence-corrected chi connectivity index (χ1v) is 29.2. The molecule has 0 spiro atoms. The molecule has 32 heavy (non-hydrogen) atoms. The van der Waals surface area contributed by atoms with Gasteiger partial charge < -0.3 is 0 Å². The fourth-order valence-corrected chi connectivity index (χ4v) is 73.8. The minimum atomic E-state index is -2.69. The van der Waals surface area contributed by atoms with E-state index in [4.69, 9.17) is 4.74 Å². The van der Waals surface area contributed by atoms with E-state index in [9.17, 15) is 4.79 Å². The van der Waals surface area contributed by atoms with Crippen LogP contribution in [-0.4, -0.2) is 49.8 Å². The Labute approximate surface area is 210 Å². The van der Waals surface area contributed by atoms with E-state index in [2.05, 4.69) is 47.6 Å². The number of unbranched alkanes of at least 4 members (excludes halogenated alkanes) is 6. The summed E-state index contributed by atoms with van der Waals surface area (Å²) in [5, 5.41) is 0. The van der Waals surface area contributed by atoms with Gasteiger partial charge in [0.1, 0.15) is 0 Å². The molecule has 4 heteroatoms. The molecule has 0 rings (SSSR count). The van der Waals surface area contributed by atoms with Crippen LogP contribution in [0.15, 0.2) is 7.68 Å². The van der Waals surface area contributed by atoms with E-state index in [1.54, 1.807) is 7.11 Å². The van der Waals surface area contributed by atoms with Crippen molar-refractivity contribution in [2.24, 2.45) is 0 Å². The van der Waals surface area contributed by atoms with E-state index in [1.807, 2.05) is 1.60 Å². The maximum atomic E-state index is 12.9. The molecule has 0 bridgehead atoms. The fraction of sp³-hybridized carbons (Fsp3) is 0.893. The molecule has 0 aromatic carbocycles. The van der Waals surface area contributed by atoms with Gasteiger partial charge in [-0.3, -0.25) is 0 Å². The molecule has 0 radical (unpaired) electrons. The summed E-state index contributed by atoms with van der Waals surface area (Å²) in [6.45, 7) is 14.2. The molecule has 0 aliphatic heterocycles. The van der Waals surface area contributed by atoms with E-state index in [0.29, 0.717) is 0 Å². The van der Waals surface area contributed by atoms with E-state index >= 15 is 0 Å². The van der Waals surface area contributed by atoms with Crippen molar-refractivity contribution in [2.75, 3.05) is 7.11 Å². The molecule has 2 nitrogen and oxygen atoms in total. The fourth-order valence-electron chi connectivity index (χ4n) is 5.69. The first-order valence-electron chi connectivity index (χ1n) is 14.3. The predicted molar refractivity (Wildman–Crippen MR) is 150 cm³/mol. The number of rotatable bonds is 21. The van der Waals surface area contributed by atoms with Crippen LogP contribution in [0.2, 0.25) is 26.6 Å². The van der Waals surface area contributed by atoms with Crippen molar-refractivity contribution in [3.8, 4) is 0 Å². The second-order valence-electron chi connectivity index (χ2n) is 10.3. The van der Waals surface area contributed by atoms with Crippen molar-refractivity contribution in [1.82, 2.24) is 0 Å². The van der Waals surface area contributed by atoms with Crippen LogP contribution in [0.3, 0.4) is 0 Å². The van der Waals surface area contributed by atoms with E-state index in [-0.39, 0.29) is 5.97 Å². The van der Waals surface area contributed by atoms with Crippen molar-refractivity contribution in [1.29, 1.82) is 0 Å². The molecule has 0 aromatic rings. The number of methoxy groups -OCH3 is 1. The Kier molecular flexibility index (Phi) is 20.6. The van der Waals surface area contributed by atoms with Crippen LogP contribution < -0.4 is 0 Å². The van der Waals surface area contributed by atoms with E-state index in [1.165, 1.54) is 104 Å². The molecule has 0 saturated heterocycles. The van der Waals surface area contributed by atoms with Gasteiger partial charge >= 0.3 is 212 Å². The molecule has 190 valence electrons. The second kappa shape index (κ2) is 20.0. The van der Waals surface area contributed by atoms with Crippen molar-refractivity contribution in [3.05, 3.63) is 7.68 Å². The number of ether oxygens (including phenoxy) is 1. The van der Waals surface area contributed by atoms with Gasteiger partial charge in [-0.05, 0) is 0 Å². The first kappa shape index (κ1) is 32.8. The van der Waals surface area contributed by atoms with Crippen molar-refractivity contribution in [3.63, 3.8) is 0 Å². The maximum absolute atomic E-state index is 12.9. The topological polar surface area (TPSA) is 26.3 Å². The summed E-state index contributed by atoms with van der Waals surface area (Å²) in [5.41, 5.74) is 0. The zero-order valence-electron chi connectivity index (χ0n) is 23.1. The Bertz CT molecular complexity index is 424. The SMILES string of the molecule is CCC[CH2][Sn]([CH2]CCC)([CH2]CCC)[C](=CC(=O)OC)[Sn]([CH2]CCC)([CH2]CCC)[CH2]CCC. The summed E-state index contributed by atoms with van der Waals surface area (Å²) < 4.78 is 16.2. The minimum absolute atomic E-state index is 0.0314. The molecule has 0 heterocycles. The predicted octanol–water partition coefficient (Wildman–Crippen LogP) is 9.86. The molecule has 0 N–H and O–H groups in total. The van der Waals surface area contributed by atoms with Crippen LogP contribution in [-0.2, 0) is 9.53 Å². The van der Waals surface area contributed by atoms with Crippen LogP contribution >= 0.6 is 0 Å². The summed E-state index contributed by atoms with van der Waals surface area (Å²) in [6.07, 6.45) is 18.2. The molecule has 0 fully saturated rings. The summed E-state index contributed by atoms with van der Waals surface area (Å²) >= 11 is -5.38. The van der Waals surface area contributed by atoms with Gasteiger partial charge in [-0.15, -0.1) is 0 Å². The third kappa shape index (κ3) is 11.5. The Balaban J connectivity index is 6.88.